The first kappa shape index (κ1) is 16.9. The summed E-state index contributed by atoms with van der Waals surface area (Å²) in [7, 11) is 0. The molecule has 0 radical (unpaired) electrons. The molecule has 0 spiro atoms. The van der Waals surface area contributed by atoms with Crippen molar-refractivity contribution in [3.8, 4) is 0 Å². The number of rotatable bonds is 6. The van der Waals surface area contributed by atoms with Crippen LogP contribution in [0.15, 0.2) is 28.7 Å². The predicted molar refractivity (Wildman–Crippen MR) is 95.9 cm³/mol. The van der Waals surface area contributed by atoms with Crippen LogP contribution in [0.4, 0.5) is 6.01 Å². The van der Waals surface area contributed by atoms with Gasteiger partial charge in [0, 0.05) is 19.0 Å². The zero-order valence-electron chi connectivity index (χ0n) is 14.6. The maximum absolute atomic E-state index is 12.5. The topological polar surface area (TPSA) is 95.7 Å². The highest BCUT2D eigenvalue weighted by Gasteiger charge is 2.33. The van der Waals surface area contributed by atoms with Gasteiger partial charge < -0.3 is 19.7 Å². The average molecular weight is 357 g/mol. The van der Waals surface area contributed by atoms with Gasteiger partial charge in [0.15, 0.2) is 5.58 Å². The lowest BCUT2D eigenvalue weighted by Crippen LogP contribution is -2.47. The van der Waals surface area contributed by atoms with E-state index in [2.05, 4.69) is 10.3 Å². The van der Waals surface area contributed by atoms with Crippen LogP contribution in [0.2, 0.25) is 0 Å². The number of nitrogens with zero attached hydrogens (tertiary/aromatic N) is 2. The first-order chi connectivity index (χ1) is 12.6. The first-order valence-electron chi connectivity index (χ1n) is 9.24. The fraction of sp³-hybridized carbons (Fsp3) is 0.526. The van der Waals surface area contributed by atoms with Gasteiger partial charge in [0.25, 0.3) is 6.01 Å². The second-order valence-electron chi connectivity index (χ2n) is 7.30. The van der Waals surface area contributed by atoms with Crippen molar-refractivity contribution in [2.45, 2.75) is 38.1 Å². The quantitative estimate of drug-likeness (QED) is 0.824. The van der Waals surface area contributed by atoms with Gasteiger partial charge in [-0.3, -0.25) is 4.79 Å². The molecule has 0 bridgehead atoms. The molecule has 7 heteroatoms. The number of hydrogen-bond donors (Lipinski definition) is 2. The Morgan fingerprint density at radius 3 is 2.62 bits per heavy atom. The number of fused-ring (bicyclic) bond motifs is 1. The Kier molecular flexibility index (Phi) is 4.53. The molecule has 1 saturated heterocycles. The number of carbonyl (C=O) groups is 2. The molecule has 7 nitrogen and oxygen atoms in total. The lowest BCUT2D eigenvalue weighted by Gasteiger charge is -2.30. The highest BCUT2D eigenvalue weighted by molar-refractivity contribution is 5.85. The Morgan fingerprint density at radius 1 is 1.23 bits per heavy atom. The van der Waals surface area contributed by atoms with Crippen LogP contribution in [0.25, 0.3) is 11.1 Å². The van der Waals surface area contributed by atoms with Crippen LogP contribution < -0.4 is 10.2 Å². The number of para-hydroxylation sites is 2. The van der Waals surface area contributed by atoms with Crippen LogP contribution in [0, 0.1) is 11.8 Å². The number of carboxylic acid groups (broad SMARTS) is 1. The molecule has 2 aliphatic rings. The number of aliphatic carboxylic acids is 1. The molecular weight excluding hydrogens is 334 g/mol. The summed E-state index contributed by atoms with van der Waals surface area (Å²) in [6.45, 7) is 1.34. The molecule has 1 saturated carbocycles. The molecule has 2 heterocycles. The van der Waals surface area contributed by atoms with E-state index in [-0.39, 0.29) is 11.8 Å². The molecular formula is C19H23N3O4. The van der Waals surface area contributed by atoms with E-state index in [4.69, 9.17) is 4.42 Å². The van der Waals surface area contributed by atoms with Crippen molar-refractivity contribution in [3.05, 3.63) is 24.3 Å². The molecule has 4 rings (SSSR count). The minimum Gasteiger partial charge on any atom is -0.480 e. The van der Waals surface area contributed by atoms with Crippen LogP contribution >= 0.6 is 0 Å². The average Bonchev–Trinajstić information content (AvgIpc) is 3.36. The SMILES string of the molecule is O=C(NC(CC1CC1)C(=O)O)C1CCN(c2nc3ccccc3o2)CC1. The van der Waals surface area contributed by atoms with E-state index in [0.717, 1.165) is 23.9 Å². The third-order valence-corrected chi connectivity index (χ3v) is 5.30. The Bertz CT molecular complexity index is 773. The van der Waals surface area contributed by atoms with Crippen molar-refractivity contribution in [1.29, 1.82) is 0 Å². The standard InChI is InChI=1S/C19H23N3O4/c23-17(20-15(18(24)25)11-12-5-6-12)13-7-9-22(10-8-13)19-21-14-3-1-2-4-16(14)26-19/h1-4,12-13,15H,5-11H2,(H,20,23)(H,24,25). The van der Waals surface area contributed by atoms with Crippen molar-refractivity contribution in [3.63, 3.8) is 0 Å². The number of piperidine rings is 1. The maximum Gasteiger partial charge on any atom is 0.326 e. The van der Waals surface area contributed by atoms with Gasteiger partial charge in [0.2, 0.25) is 5.91 Å². The number of benzene rings is 1. The predicted octanol–water partition coefficient (Wildman–Crippen LogP) is 2.41. The minimum absolute atomic E-state index is 0.143. The van der Waals surface area contributed by atoms with Crippen LogP contribution in [0.5, 0.6) is 0 Å². The zero-order valence-corrected chi connectivity index (χ0v) is 14.6. The Balaban J connectivity index is 1.33. The van der Waals surface area contributed by atoms with Crippen LogP contribution in [0.1, 0.15) is 32.1 Å². The summed E-state index contributed by atoms with van der Waals surface area (Å²) in [4.78, 5) is 30.4. The molecule has 2 fully saturated rings. The number of nitrogens with one attached hydrogen (secondary N) is 1. The summed E-state index contributed by atoms with van der Waals surface area (Å²) in [5, 5.41) is 12.1. The zero-order chi connectivity index (χ0) is 18.1. The fourth-order valence-corrected chi connectivity index (χ4v) is 3.53. The van der Waals surface area contributed by atoms with Gasteiger partial charge in [-0.05, 0) is 37.3 Å². The van der Waals surface area contributed by atoms with Gasteiger partial charge in [-0.25, -0.2) is 4.79 Å². The number of anilines is 1. The summed E-state index contributed by atoms with van der Waals surface area (Å²) in [6, 6.07) is 7.46. The first-order valence-corrected chi connectivity index (χ1v) is 9.24. The summed E-state index contributed by atoms with van der Waals surface area (Å²) >= 11 is 0. The van der Waals surface area contributed by atoms with E-state index in [1.807, 2.05) is 29.2 Å². The Morgan fingerprint density at radius 2 is 1.96 bits per heavy atom. The van der Waals surface area contributed by atoms with Crippen molar-refractivity contribution in [2.24, 2.45) is 11.8 Å². The molecule has 26 heavy (non-hydrogen) atoms. The number of amides is 1. The Hall–Kier alpha value is -2.57. The third-order valence-electron chi connectivity index (χ3n) is 5.30. The molecule has 1 aliphatic carbocycles. The number of hydrogen-bond acceptors (Lipinski definition) is 5. The van der Waals surface area contributed by atoms with Crippen molar-refractivity contribution < 1.29 is 19.1 Å². The van der Waals surface area contributed by atoms with Gasteiger partial charge in [0.1, 0.15) is 11.6 Å². The number of oxazole rings is 1. The van der Waals surface area contributed by atoms with Crippen LogP contribution in [-0.4, -0.2) is 41.1 Å². The van der Waals surface area contributed by atoms with E-state index in [9.17, 15) is 14.7 Å². The molecule has 138 valence electrons. The molecule has 2 aromatic rings. The van der Waals surface area contributed by atoms with Gasteiger partial charge >= 0.3 is 5.97 Å². The van der Waals surface area contributed by atoms with Crippen molar-refractivity contribution in [1.82, 2.24) is 10.3 Å². The molecule has 1 unspecified atom stereocenters. The Labute approximate surface area is 151 Å². The molecule has 1 aromatic heterocycles. The summed E-state index contributed by atoms with van der Waals surface area (Å²) in [5.41, 5.74) is 1.58. The largest absolute Gasteiger partial charge is 0.480 e. The highest BCUT2D eigenvalue weighted by atomic mass is 16.4. The number of carbonyl (C=O) groups excluding carboxylic acids is 1. The fourth-order valence-electron chi connectivity index (χ4n) is 3.53. The molecule has 1 aromatic carbocycles. The maximum atomic E-state index is 12.5. The van der Waals surface area contributed by atoms with E-state index in [1.54, 1.807) is 0 Å². The van der Waals surface area contributed by atoms with Crippen molar-refractivity contribution in [2.75, 3.05) is 18.0 Å². The van der Waals surface area contributed by atoms with Gasteiger partial charge in [-0.1, -0.05) is 25.0 Å². The highest BCUT2D eigenvalue weighted by Crippen LogP contribution is 2.34. The third kappa shape index (κ3) is 3.66. The van der Waals surface area contributed by atoms with E-state index < -0.39 is 12.0 Å². The molecule has 1 aliphatic heterocycles. The smallest absolute Gasteiger partial charge is 0.326 e. The van der Waals surface area contributed by atoms with Crippen LogP contribution in [-0.2, 0) is 9.59 Å². The lowest BCUT2D eigenvalue weighted by molar-refractivity contribution is -0.142. The molecule has 1 atom stereocenters. The molecule has 1 amide bonds. The second kappa shape index (κ2) is 6.97. The van der Waals surface area contributed by atoms with Gasteiger partial charge in [-0.2, -0.15) is 4.98 Å². The monoisotopic (exact) mass is 357 g/mol. The van der Waals surface area contributed by atoms with E-state index >= 15 is 0 Å². The van der Waals surface area contributed by atoms with Crippen LogP contribution in [0.3, 0.4) is 0 Å². The molecule has 2 N–H and O–H groups in total. The van der Waals surface area contributed by atoms with Gasteiger partial charge in [0.05, 0.1) is 0 Å². The summed E-state index contributed by atoms with van der Waals surface area (Å²) < 4.78 is 5.79. The van der Waals surface area contributed by atoms with E-state index in [1.165, 1.54) is 0 Å². The minimum atomic E-state index is -0.936. The number of aromatic nitrogens is 1. The lowest BCUT2D eigenvalue weighted by atomic mass is 9.95. The summed E-state index contributed by atoms with van der Waals surface area (Å²) in [6.07, 6.45) is 4.02. The van der Waals surface area contributed by atoms with Crippen molar-refractivity contribution >= 4 is 29.0 Å². The van der Waals surface area contributed by atoms with E-state index in [0.29, 0.717) is 44.3 Å². The summed E-state index contributed by atoms with van der Waals surface area (Å²) in [5.74, 6) is -0.779. The second-order valence-corrected chi connectivity index (χ2v) is 7.30. The number of carboxylic acids is 1. The normalized spacial score (nSPS) is 19.5. The van der Waals surface area contributed by atoms with Gasteiger partial charge in [-0.15, -0.1) is 0 Å².